The first kappa shape index (κ1) is 12.2. The van der Waals surface area contributed by atoms with E-state index in [-0.39, 0.29) is 0 Å². The molecule has 0 radical (unpaired) electrons. The molecule has 0 spiro atoms. The van der Waals surface area contributed by atoms with Crippen molar-refractivity contribution in [3.8, 4) is 0 Å². The fraction of sp³-hybridized carbons (Fsp3) is 0.727. The van der Waals surface area contributed by atoms with Crippen LogP contribution in [0.4, 0.5) is 0 Å². The lowest BCUT2D eigenvalue weighted by molar-refractivity contribution is 0.0599. The Bertz CT molecular complexity index is 301. The van der Waals surface area contributed by atoms with Gasteiger partial charge in [-0.3, -0.25) is 4.68 Å². The Morgan fingerprint density at radius 3 is 2.67 bits per heavy atom. The fourth-order valence-corrected chi connectivity index (χ4v) is 1.41. The summed E-state index contributed by atoms with van der Waals surface area (Å²) in [5, 5.41) is 13.7. The predicted molar refractivity (Wildman–Crippen MR) is 60.5 cm³/mol. The molecule has 0 aromatic carbocycles. The van der Waals surface area contributed by atoms with Gasteiger partial charge in [-0.15, -0.1) is 0 Å². The second-order valence-corrected chi connectivity index (χ2v) is 4.82. The molecule has 0 bridgehead atoms. The van der Waals surface area contributed by atoms with Crippen molar-refractivity contribution in [2.75, 3.05) is 13.6 Å². The van der Waals surface area contributed by atoms with Crippen LogP contribution in [0.3, 0.4) is 0 Å². The zero-order valence-corrected chi connectivity index (χ0v) is 10.1. The standard InChI is InChI=1S/C11H21N3O/c1-11(2,15)5-6-13(3)8-10-7-12-14(4)9-10/h7,9,15H,5-6,8H2,1-4H3. The Kier molecular flexibility index (Phi) is 3.88. The largest absolute Gasteiger partial charge is 0.390 e. The topological polar surface area (TPSA) is 41.3 Å². The monoisotopic (exact) mass is 211 g/mol. The Labute approximate surface area is 91.5 Å². The predicted octanol–water partition coefficient (Wildman–Crippen LogP) is 1.01. The molecule has 0 saturated heterocycles. The van der Waals surface area contributed by atoms with Crippen LogP contribution in [0.2, 0.25) is 0 Å². The number of hydrogen-bond acceptors (Lipinski definition) is 3. The maximum atomic E-state index is 9.59. The Hall–Kier alpha value is -0.870. The third-order valence-electron chi connectivity index (χ3n) is 2.32. The highest BCUT2D eigenvalue weighted by Crippen LogP contribution is 2.09. The van der Waals surface area contributed by atoms with Crippen molar-refractivity contribution in [3.63, 3.8) is 0 Å². The average molecular weight is 211 g/mol. The molecule has 0 aliphatic carbocycles. The van der Waals surface area contributed by atoms with Gasteiger partial charge in [-0.1, -0.05) is 0 Å². The summed E-state index contributed by atoms with van der Waals surface area (Å²) < 4.78 is 1.80. The first-order valence-electron chi connectivity index (χ1n) is 5.25. The molecule has 0 fully saturated rings. The van der Waals surface area contributed by atoms with Crippen molar-refractivity contribution < 1.29 is 5.11 Å². The highest BCUT2D eigenvalue weighted by Gasteiger charge is 2.13. The quantitative estimate of drug-likeness (QED) is 0.790. The van der Waals surface area contributed by atoms with Crippen molar-refractivity contribution in [2.24, 2.45) is 7.05 Å². The van der Waals surface area contributed by atoms with Gasteiger partial charge >= 0.3 is 0 Å². The molecular formula is C11H21N3O. The Balaban J connectivity index is 2.33. The highest BCUT2D eigenvalue weighted by atomic mass is 16.3. The van der Waals surface area contributed by atoms with Crippen molar-refractivity contribution in [3.05, 3.63) is 18.0 Å². The van der Waals surface area contributed by atoms with Gasteiger partial charge in [-0.05, 0) is 27.3 Å². The molecule has 0 aliphatic heterocycles. The van der Waals surface area contributed by atoms with E-state index in [2.05, 4.69) is 17.0 Å². The number of aliphatic hydroxyl groups is 1. The van der Waals surface area contributed by atoms with E-state index >= 15 is 0 Å². The molecule has 86 valence electrons. The molecule has 4 heteroatoms. The third kappa shape index (κ3) is 4.95. The normalized spacial score (nSPS) is 12.4. The van der Waals surface area contributed by atoms with E-state index in [9.17, 15) is 5.11 Å². The minimum absolute atomic E-state index is 0.580. The van der Waals surface area contributed by atoms with Gasteiger partial charge in [-0.25, -0.2) is 0 Å². The van der Waals surface area contributed by atoms with Crippen LogP contribution < -0.4 is 0 Å². The summed E-state index contributed by atoms with van der Waals surface area (Å²) in [6.07, 6.45) is 4.67. The first-order chi connectivity index (χ1) is 6.87. The lowest BCUT2D eigenvalue weighted by Crippen LogP contribution is -2.28. The van der Waals surface area contributed by atoms with Gasteiger partial charge in [0.25, 0.3) is 0 Å². The summed E-state index contributed by atoms with van der Waals surface area (Å²) in [6, 6.07) is 0. The van der Waals surface area contributed by atoms with Crippen LogP contribution in [0.25, 0.3) is 0 Å². The van der Waals surface area contributed by atoms with Crippen molar-refractivity contribution in [1.29, 1.82) is 0 Å². The van der Waals surface area contributed by atoms with Crippen LogP contribution in [-0.2, 0) is 13.6 Å². The van der Waals surface area contributed by atoms with Crippen molar-refractivity contribution in [2.45, 2.75) is 32.4 Å². The maximum Gasteiger partial charge on any atom is 0.0603 e. The molecule has 0 saturated carbocycles. The molecule has 1 N–H and O–H groups in total. The Morgan fingerprint density at radius 1 is 1.53 bits per heavy atom. The highest BCUT2D eigenvalue weighted by molar-refractivity contribution is 5.02. The van der Waals surface area contributed by atoms with Crippen LogP contribution in [0.15, 0.2) is 12.4 Å². The summed E-state index contributed by atoms with van der Waals surface area (Å²) in [4.78, 5) is 2.19. The van der Waals surface area contributed by atoms with Gasteiger partial charge in [0.15, 0.2) is 0 Å². The van der Waals surface area contributed by atoms with E-state index < -0.39 is 5.60 Å². The second kappa shape index (κ2) is 4.77. The van der Waals surface area contributed by atoms with Crippen LogP contribution in [0, 0.1) is 0 Å². The van der Waals surface area contributed by atoms with E-state index in [1.807, 2.05) is 33.3 Å². The second-order valence-electron chi connectivity index (χ2n) is 4.82. The van der Waals surface area contributed by atoms with Gasteiger partial charge in [0.05, 0.1) is 11.8 Å². The molecule has 1 rings (SSSR count). The van der Waals surface area contributed by atoms with Gasteiger partial charge < -0.3 is 10.0 Å². The smallest absolute Gasteiger partial charge is 0.0603 e. The van der Waals surface area contributed by atoms with E-state index in [1.54, 1.807) is 4.68 Å². The Morgan fingerprint density at radius 2 is 2.20 bits per heavy atom. The summed E-state index contributed by atoms with van der Waals surface area (Å²) in [5.41, 5.74) is 0.624. The molecule has 15 heavy (non-hydrogen) atoms. The minimum atomic E-state index is -0.580. The summed E-state index contributed by atoms with van der Waals surface area (Å²) in [6.45, 7) is 5.44. The fourth-order valence-electron chi connectivity index (χ4n) is 1.41. The van der Waals surface area contributed by atoms with Crippen LogP contribution in [-0.4, -0.2) is 39.0 Å². The van der Waals surface area contributed by atoms with E-state index in [0.29, 0.717) is 0 Å². The zero-order valence-electron chi connectivity index (χ0n) is 10.1. The first-order valence-corrected chi connectivity index (χ1v) is 5.25. The summed E-state index contributed by atoms with van der Waals surface area (Å²) in [5.74, 6) is 0. The third-order valence-corrected chi connectivity index (χ3v) is 2.32. The molecule has 1 aromatic rings. The molecule has 0 unspecified atom stereocenters. The SMILES string of the molecule is CN(CCC(C)(C)O)Cc1cnn(C)c1. The molecule has 1 aromatic heterocycles. The molecule has 0 atom stereocenters. The number of rotatable bonds is 5. The van der Waals surface area contributed by atoms with Gasteiger partial charge in [0.1, 0.15) is 0 Å². The summed E-state index contributed by atoms with van der Waals surface area (Å²) >= 11 is 0. The lowest BCUT2D eigenvalue weighted by atomic mass is 10.1. The van der Waals surface area contributed by atoms with Crippen molar-refractivity contribution in [1.82, 2.24) is 14.7 Å². The van der Waals surface area contributed by atoms with Crippen molar-refractivity contribution >= 4 is 0 Å². The number of aryl methyl sites for hydroxylation is 1. The minimum Gasteiger partial charge on any atom is -0.390 e. The van der Waals surface area contributed by atoms with Crippen LogP contribution in [0.5, 0.6) is 0 Å². The molecule has 0 aliphatic rings. The molecule has 4 nitrogen and oxygen atoms in total. The average Bonchev–Trinajstić information content (AvgIpc) is 2.47. The van der Waals surface area contributed by atoms with Crippen LogP contribution in [0.1, 0.15) is 25.8 Å². The number of nitrogens with zero attached hydrogens (tertiary/aromatic N) is 3. The molecule has 1 heterocycles. The van der Waals surface area contributed by atoms with E-state index in [0.717, 1.165) is 19.5 Å². The number of aromatic nitrogens is 2. The summed E-state index contributed by atoms with van der Waals surface area (Å²) in [7, 11) is 3.97. The van der Waals surface area contributed by atoms with Crippen LogP contribution >= 0.6 is 0 Å². The molecule has 0 amide bonds. The number of hydrogen-bond donors (Lipinski definition) is 1. The van der Waals surface area contributed by atoms with Gasteiger partial charge in [-0.2, -0.15) is 5.10 Å². The zero-order chi connectivity index (χ0) is 11.5. The van der Waals surface area contributed by atoms with Gasteiger partial charge in [0, 0.05) is 31.9 Å². The van der Waals surface area contributed by atoms with E-state index in [4.69, 9.17) is 0 Å². The maximum absolute atomic E-state index is 9.59. The lowest BCUT2D eigenvalue weighted by Gasteiger charge is -2.22. The van der Waals surface area contributed by atoms with Gasteiger partial charge in [0.2, 0.25) is 0 Å². The van der Waals surface area contributed by atoms with E-state index in [1.165, 1.54) is 5.56 Å². The molecular weight excluding hydrogens is 190 g/mol.